The van der Waals surface area contributed by atoms with Gasteiger partial charge in [-0.3, -0.25) is 0 Å². The van der Waals surface area contributed by atoms with E-state index in [9.17, 15) is 4.79 Å². The Labute approximate surface area is 201 Å². The Bertz CT molecular complexity index is 762. The first-order valence-corrected chi connectivity index (χ1v) is 12.9. The summed E-state index contributed by atoms with van der Waals surface area (Å²) in [6.07, 6.45) is 16.0. The molecule has 0 aromatic heterocycles. The van der Waals surface area contributed by atoms with Gasteiger partial charge in [-0.1, -0.05) is 114 Å². The fourth-order valence-corrected chi connectivity index (χ4v) is 4.02. The van der Waals surface area contributed by atoms with Gasteiger partial charge in [-0.25, -0.2) is 4.79 Å². The molecular formula is C29H43NO3. The Morgan fingerprint density at radius 1 is 0.788 bits per heavy atom. The molecule has 1 atom stereocenters. The van der Waals surface area contributed by atoms with Crippen LogP contribution >= 0.6 is 0 Å². The summed E-state index contributed by atoms with van der Waals surface area (Å²) in [7, 11) is 1.41. The number of hydrogen-bond acceptors (Lipinski definition) is 4. The molecular weight excluding hydrogens is 410 g/mol. The molecule has 0 bridgehead atoms. The Balaban J connectivity index is 1.63. The minimum atomic E-state index is -0.553. The number of ether oxygens (including phenoxy) is 2. The maximum atomic E-state index is 12.3. The van der Waals surface area contributed by atoms with Crippen LogP contribution in [0.15, 0.2) is 54.6 Å². The summed E-state index contributed by atoms with van der Waals surface area (Å²) < 4.78 is 10.9. The lowest BCUT2D eigenvalue weighted by molar-refractivity contribution is -0.141. The van der Waals surface area contributed by atoms with Gasteiger partial charge in [0.25, 0.3) is 0 Å². The molecule has 4 heteroatoms. The summed E-state index contributed by atoms with van der Waals surface area (Å²) in [5.74, 6) is 0.503. The third kappa shape index (κ3) is 11.3. The molecule has 0 spiro atoms. The van der Waals surface area contributed by atoms with Crippen LogP contribution < -0.4 is 10.1 Å². The first-order chi connectivity index (χ1) is 16.2. The summed E-state index contributed by atoms with van der Waals surface area (Å²) >= 11 is 0. The summed E-state index contributed by atoms with van der Waals surface area (Å²) in [5, 5.41) is 3.28. The summed E-state index contributed by atoms with van der Waals surface area (Å²) in [6.45, 7) is 2.99. The quantitative estimate of drug-likeness (QED) is 0.183. The SMILES string of the molecule is CCCCCCCCCCCCCCOc1cccc(NC(C(=O)OC)c2ccccc2)c1. The number of carbonyl (C=O) groups excluding carboxylic acids is 1. The summed E-state index contributed by atoms with van der Waals surface area (Å²) in [6, 6.07) is 16.8. The lowest BCUT2D eigenvalue weighted by atomic mass is 10.1. The second-order valence-electron chi connectivity index (χ2n) is 8.78. The molecule has 1 unspecified atom stereocenters. The van der Waals surface area contributed by atoms with Gasteiger partial charge in [0.2, 0.25) is 0 Å². The predicted octanol–water partition coefficient (Wildman–Crippen LogP) is 8.09. The van der Waals surface area contributed by atoms with Gasteiger partial charge >= 0.3 is 5.97 Å². The van der Waals surface area contributed by atoms with Crippen molar-refractivity contribution in [2.45, 2.75) is 90.0 Å². The van der Waals surface area contributed by atoms with E-state index >= 15 is 0 Å². The number of unbranched alkanes of at least 4 members (excludes halogenated alkanes) is 11. The van der Waals surface area contributed by atoms with E-state index in [-0.39, 0.29) is 5.97 Å². The van der Waals surface area contributed by atoms with Crippen molar-refractivity contribution in [2.24, 2.45) is 0 Å². The highest BCUT2D eigenvalue weighted by molar-refractivity contribution is 5.81. The summed E-state index contributed by atoms with van der Waals surface area (Å²) in [5.41, 5.74) is 1.70. The Hall–Kier alpha value is -2.49. The van der Waals surface area contributed by atoms with Crippen molar-refractivity contribution in [3.63, 3.8) is 0 Å². The fraction of sp³-hybridized carbons (Fsp3) is 0.552. The van der Waals surface area contributed by atoms with Crippen LogP contribution in [0.1, 0.15) is 95.6 Å². The van der Waals surface area contributed by atoms with Crippen molar-refractivity contribution < 1.29 is 14.3 Å². The molecule has 4 nitrogen and oxygen atoms in total. The molecule has 0 amide bonds. The number of methoxy groups -OCH3 is 1. The maximum absolute atomic E-state index is 12.3. The van der Waals surface area contributed by atoms with Crippen LogP contribution in [0.5, 0.6) is 5.75 Å². The molecule has 0 fully saturated rings. The molecule has 0 saturated carbocycles. The van der Waals surface area contributed by atoms with E-state index in [0.717, 1.165) is 30.0 Å². The summed E-state index contributed by atoms with van der Waals surface area (Å²) in [4.78, 5) is 12.3. The van der Waals surface area contributed by atoms with Gasteiger partial charge in [0, 0.05) is 11.8 Å². The van der Waals surface area contributed by atoms with Crippen molar-refractivity contribution in [2.75, 3.05) is 19.0 Å². The van der Waals surface area contributed by atoms with E-state index in [0.29, 0.717) is 0 Å². The standard InChI is InChI=1S/C29H43NO3/c1-3-4-5-6-7-8-9-10-11-12-13-17-23-33-27-22-18-21-26(24-27)30-28(29(31)32-2)25-19-15-14-16-20-25/h14-16,18-22,24,28,30H,3-13,17,23H2,1-2H3. The number of benzene rings is 2. The van der Waals surface area contributed by atoms with Gasteiger partial charge in [0.05, 0.1) is 13.7 Å². The lowest BCUT2D eigenvalue weighted by Gasteiger charge is -2.18. The Morgan fingerprint density at radius 2 is 1.39 bits per heavy atom. The zero-order valence-corrected chi connectivity index (χ0v) is 20.7. The molecule has 182 valence electrons. The first-order valence-electron chi connectivity index (χ1n) is 12.9. The number of anilines is 1. The zero-order chi connectivity index (χ0) is 23.6. The van der Waals surface area contributed by atoms with E-state index in [2.05, 4.69) is 12.2 Å². The highest BCUT2D eigenvalue weighted by Gasteiger charge is 2.21. The average Bonchev–Trinajstić information content (AvgIpc) is 2.85. The van der Waals surface area contributed by atoms with Crippen LogP contribution in [0.2, 0.25) is 0 Å². The number of carbonyl (C=O) groups is 1. The molecule has 2 aromatic rings. The van der Waals surface area contributed by atoms with Crippen molar-refractivity contribution in [3.05, 3.63) is 60.2 Å². The smallest absolute Gasteiger partial charge is 0.332 e. The minimum Gasteiger partial charge on any atom is -0.494 e. The number of nitrogens with one attached hydrogen (secondary N) is 1. The molecule has 0 aliphatic carbocycles. The second kappa shape index (κ2) is 17.0. The number of hydrogen-bond donors (Lipinski definition) is 1. The fourth-order valence-electron chi connectivity index (χ4n) is 4.02. The van der Waals surface area contributed by atoms with E-state index in [1.807, 2.05) is 54.6 Å². The maximum Gasteiger partial charge on any atom is 0.332 e. The van der Waals surface area contributed by atoms with Gasteiger partial charge in [-0.2, -0.15) is 0 Å². The van der Waals surface area contributed by atoms with Crippen molar-refractivity contribution >= 4 is 11.7 Å². The van der Waals surface area contributed by atoms with Crippen LogP contribution in [-0.4, -0.2) is 19.7 Å². The second-order valence-corrected chi connectivity index (χ2v) is 8.78. The normalized spacial score (nSPS) is 11.7. The number of esters is 1. The molecule has 1 N–H and O–H groups in total. The molecule has 0 aliphatic heterocycles. The van der Waals surface area contributed by atoms with E-state index < -0.39 is 6.04 Å². The first kappa shape index (κ1) is 26.8. The molecule has 33 heavy (non-hydrogen) atoms. The highest BCUT2D eigenvalue weighted by atomic mass is 16.5. The van der Waals surface area contributed by atoms with Gasteiger partial charge < -0.3 is 14.8 Å². The van der Waals surface area contributed by atoms with E-state index in [1.54, 1.807) is 0 Å². The van der Waals surface area contributed by atoms with Gasteiger partial charge in [0.1, 0.15) is 5.75 Å². The minimum absolute atomic E-state index is 0.316. The van der Waals surface area contributed by atoms with Crippen LogP contribution in [0.4, 0.5) is 5.69 Å². The van der Waals surface area contributed by atoms with Crippen LogP contribution in [-0.2, 0) is 9.53 Å². The Kier molecular flexibility index (Phi) is 13.8. The van der Waals surface area contributed by atoms with E-state index in [1.165, 1.54) is 77.7 Å². The molecule has 0 radical (unpaired) electrons. The highest BCUT2D eigenvalue weighted by Crippen LogP contribution is 2.24. The van der Waals surface area contributed by atoms with Crippen LogP contribution in [0.3, 0.4) is 0 Å². The van der Waals surface area contributed by atoms with Gasteiger partial charge in [0.15, 0.2) is 6.04 Å². The van der Waals surface area contributed by atoms with E-state index in [4.69, 9.17) is 9.47 Å². The van der Waals surface area contributed by atoms with Gasteiger partial charge in [-0.15, -0.1) is 0 Å². The number of rotatable bonds is 18. The monoisotopic (exact) mass is 453 g/mol. The lowest BCUT2D eigenvalue weighted by Crippen LogP contribution is -2.22. The van der Waals surface area contributed by atoms with Crippen molar-refractivity contribution in [1.29, 1.82) is 0 Å². The third-order valence-corrected chi connectivity index (χ3v) is 5.98. The van der Waals surface area contributed by atoms with Crippen LogP contribution in [0.25, 0.3) is 0 Å². The Morgan fingerprint density at radius 3 is 2.00 bits per heavy atom. The molecule has 0 saturated heterocycles. The van der Waals surface area contributed by atoms with Crippen molar-refractivity contribution in [1.82, 2.24) is 0 Å². The third-order valence-electron chi connectivity index (χ3n) is 5.98. The van der Waals surface area contributed by atoms with Crippen molar-refractivity contribution in [3.8, 4) is 5.75 Å². The van der Waals surface area contributed by atoms with Crippen LogP contribution in [0, 0.1) is 0 Å². The largest absolute Gasteiger partial charge is 0.494 e. The molecule has 2 rings (SSSR count). The van der Waals surface area contributed by atoms with Gasteiger partial charge in [-0.05, 0) is 24.1 Å². The molecule has 0 aliphatic rings. The predicted molar refractivity (Wildman–Crippen MR) is 138 cm³/mol. The zero-order valence-electron chi connectivity index (χ0n) is 20.7. The average molecular weight is 454 g/mol. The molecule has 0 heterocycles. The molecule has 2 aromatic carbocycles. The topological polar surface area (TPSA) is 47.6 Å².